The van der Waals surface area contributed by atoms with Crippen molar-refractivity contribution in [2.45, 2.75) is 38.4 Å². The van der Waals surface area contributed by atoms with Gasteiger partial charge in [0.2, 0.25) is 0 Å². The highest BCUT2D eigenvalue weighted by Crippen LogP contribution is 2.44. The van der Waals surface area contributed by atoms with Crippen molar-refractivity contribution in [1.29, 1.82) is 0 Å². The maximum absolute atomic E-state index is 13.1. The van der Waals surface area contributed by atoms with Crippen LogP contribution in [0, 0.1) is 0 Å². The number of ether oxygens (including phenoxy) is 5. The minimum atomic E-state index is -4.57. The molecular weight excluding hydrogens is 509 g/mol. The maximum atomic E-state index is 13.1. The largest absolute Gasteiger partial charge is 0.497 e. The SMILES string of the molecule is CCOC(=O)N1c2cc(OC)c(OC)cc2C(CNC(=O)c2cc(OC)ccc2OCC(F)(F)F)CC1C. The average Bonchev–Trinajstić information content (AvgIpc) is 2.89. The number of hydrogen-bond donors (Lipinski definition) is 1. The van der Waals surface area contributed by atoms with Gasteiger partial charge in [0.25, 0.3) is 5.91 Å². The van der Waals surface area contributed by atoms with Crippen LogP contribution >= 0.6 is 0 Å². The van der Waals surface area contributed by atoms with Crippen LogP contribution in [-0.2, 0) is 4.74 Å². The molecule has 2 unspecified atom stereocenters. The molecule has 38 heavy (non-hydrogen) atoms. The van der Waals surface area contributed by atoms with E-state index < -0.39 is 24.8 Å². The second-order valence-corrected chi connectivity index (χ2v) is 8.59. The van der Waals surface area contributed by atoms with E-state index in [2.05, 4.69) is 5.32 Å². The number of alkyl halides is 3. The van der Waals surface area contributed by atoms with Gasteiger partial charge in [0.1, 0.15) is 11.5 Å². The minimum Gasteiger partial charge on any atom is -0.497 e. The highest BCUT2D eigenvalue weighted by atomic mass is 19.4. The first kappa shape index (κ1) is 28.7. The van der Waals surface area contributed by atoms with E-state index >= 15 is 0 Å². The summed E-state index contributed by atoms with van der Waals surface area (Å²) < 4.78 is 64.3. The Labute approximate surface area is 218 Å². The zero-order valence-corrected chi connectivity index (χ0v) is 21.8. The monoisotopic (exact) mass is 540 g/mol. The number of halogens is 3. The van der Waals surface area contributed by atoms with Crippen molar-refractivity contribution < 1.29 is 46.4 Å². The molecule has 2 aromatic rings. The van der Waals surface area contributed by atoms with Gasteiger partial charge in [-0.05, 0) is 50.1 Å². The van der Waals surface area contributed by atoms with Gasteiger partial charge in [0, 0.05) is 24.6 Å². The Bertz CT molecular complexity index is 1160. The first-order valence-electron chi connectivity index (χ1n) is 11.9. The molecule has 12 heteroatoms. The van der Waals surface area contributed by atoms with Crippen LogP contribution in [0.5, 0.6) is 23.0 Å². The lowest BCUT2D eigenvalue weighted by Gasteiger charge is -2.39. The molecule has 0 radical (unpaired) electrons. The smallest absolute Gasteiger partial charge is 0.422 e. The zero-order valence-electron chi connectivity index (χ0n) is 21.8. The molecule has 1 heterocycles. The second kappa shape index (κ2) is 12.1. The number of carbonyl (C=O) groups excluding carboxylic acids is 2. The summed E-state index contributed by atoms with van der Waals surface area (Å²) in [7, 11) is 4.35. The average molecular weight is 541 g/mol. The number of hydrogen-bond acceptors (Lipinski definition) is 7. The highest BCUT2D eigenvalue weighted by molar-refractivity contribution is 5.97. The Kier molecular flexibility index (Phi) is 9.18. The van der Waals surface area contributed by atoms with Crippen LogP contribution in [0.3, 0.4) is 0 Å². The summed E-state index contributed by atoms with van der Waals surface area (Å²) >= 11 is 0. The number of methoxy groups -OCH3 is 3. The molecule has 0 aromatic heterocycles. The summed E-state index contributed by atoms with van der Waals surface area (Å²) in [4.78, 5) is 27.4. The number of nitrogens with one attached hydrogen (secondary N) is 1. The number of benzene rings is 2. The molecule has 9 nitrogen and oxygen atoms in total. The Morgan fingerprint density at radius 1 is 1.03 bits per heavy atom. The van der Waals surface area contributed by atoms with Gasteiger partial charge in [-0.3, -0.25) is 9.69 Å². The summed E-state index contributed by atoms with van der Waals surface area (Å²) in [6.45, 7) is 2.35. The van der Waals surface area contributed by atoms with Gasteiger partial charge in [0.15, 0.2) is 18.1 Å². The number of anilines is 1. The zero-order chi connectivity index (χ0) is 28.0. The predicted molar refractivity (Wildman–Crippen MR) is 133 cm³/mol. The van der Waals surface area contributed by atoms with Gasteiger partial charge in [0.05, 0.1) is 39.2 Å². The molecule has 2 amide bonds. The summed E-state index contributed by atoms with van der Waals surface area (Å²) in [6.07, 6.45) is -4.61. The highest BCUT2D eigenvalue weighted by Gasteiger charge is 2.36. The molecule has 0 aliphatic carbocycles. The molecule has 0 spiro atoms. The third-order valence-corrected chi connectivity index (χ3v) is 6.09. The van der Waals surface area contributed by atoms with E-state index in [0.29, 0.717) is 29.2 Å². The fourth-order valence-corrected chi connectivity index (χ4v) is 4.38. The molecule has 1 aliphatic rings. The number of amides is 2. The summed E-state index contributed by atoms with van der Waals surface area (Å²) in [5.41, 5.74) is 1.17. The van der Waals surface area contributed by atoms with Crippen molar-refractivity contribution in [3.05, 3.63) is 41.5 Å². The molecule has 208 valence electrons. The first-order valence-corrected chi connectivity index (χ1v) is 11.9. The Balaban J connectivity index is 1.91. The molecule has 0 bridgehead atoms. The maximum Gasteiger partial charge on any atom is 0.422 e. The lowest BCUT2D eigenvalue weighted by molar-refractivity contribution is -0.153. The third kappa shape index (κ3) is 6.53. The van der Waals surface area contributed by atoms with E-state index in [-0.39, 0.29) is 42.2 Å². The van der Waals surface area contributed by atoms with E-state index in [0.717, 1.165) is 0 Å². The fourth-order valence-electron chi connectivity index (χ4n) is 4.38. The van der Waals surface area contributed by atoms with E-state index in [1.807, 2.05) is 6.92 Å². The van der Waals surface area contributed by atoms with E-state index in [1.54, 1.807) is 19.1 Å². The molecule has 0 saturated heterocycles. The molecule has 0 saturated carbocycles. The van der Waals surface area contributed by atoms with Gasteiger partial charge in [-0.15, -0.1) is 0 Å². The number of fused-ring (bicyclic) bond motifs is 1. The van der Waals surface area contributed by atoms with Gasteiger partial charge in [-0.2, -0.15) is 13.2 Å². The molecular formula is C26H31F3N2O7. The van der Waals surface area contributed by atoms with E-state index in [1.165, 1.54) is 44.4 Å². The summed E-state index contributed by atoms with van der Waals surface area (Å²) in [5, 5.41) is 2.79. The van der Waals surface area contributed by atoms with E-state index in [9.17, 15) is 22.8 Å². The standard InChI is InChI=1S/C26H31F3N2O7/c1-6-37-25(33)31-15(2)9-16(18-11-22(35-4)23(36-5)12-20(18)31)13-30-24(32)19-10-17(34-3)7-8-21(19)38-14-26(27,28)29/h7-8,10-12,15-16H,6,9,13-14H2,1-5H3,(H,30,32). The van der Waals surface area contributed by atoms with Crippen LogP contribution in [0.4, 0.5) is 23.7 Å². The minimum absolute atomic E-state index is 0.0989. The molecule has 3 rings (SSSR count). The molecule has 2 atom stereocenters. The van der Waals surface area contributed by atoms with Crippen molar-refractivity contribution in [3.8, 4) is 23.0 Å². The number of nitrogens with zero attached hydrogens (tertiary/aromatic N) is 1. The van der Waals surface area contributed by atoms with Crippen molar-refractivity contribution >= 4 is 17.7 Å². The van der Waals surface area contributed by atoms with Crippen LogP contribution in [0.1, 0.15) is 42.1 Å². The molecule has 1 aliphatic heterocycles. The van der Waals surface area contributed by atoms with Crippen LogP contribution in [-0.4, -0.2) is 65.3 Å². The normalized spacial score (nSPS) is 16.8. The lowest BCUT2D eigenvalue weighted by Crippen LogP contribution is -2.45. The second-order valence-electron chi connectivity index (χ2n) is 8.59. The lowest BCUT2D eigenvalue weighted by atomic mass is 9.85. The summed E-state index contributed by atoms with van der Waals surface area (Å²) in [6, 6.07) is 7.11. The van der Waals surface area contributed by atoms with Crippen molar-refractivity contribution in [2.24, 2.45) is 0 Å². The first-order chi connectivity index (χ1) is 18.0. The Hall–Kier alpha value is -3.83. The van der Waals surface area contributed by atoms with Crippen LogP contribution in [0.25, 0.3) is 0 Å². The van der Waals surface area contributed by atoms with Crippen LogP contribution in [0.15, 0.2) is 30.3 Å². The van der Waals surface area contributed by atoms with E-state index in [4.69, 9.17) is 23.7 Å². The van der Waals surface area contributed by atoms with Gasteiger partial charge >= 0.3 is 12.3 Å². The molecule has 0 fully saturated rings. The van der Waals surface area contributed by atoms with Crippen molar-refractivity contribution in [2.75, 3.05) is 46.0 Å². The van der Waals surface area contributed by atoms with Gasteiger partial charge < -0.3 is 29.0 Å². The third-order valence-electron chi connectivity index (χ3n) is 6.09. The Morgan fingerprint density at radius 3 is 2.32 bits per heavy atom. The van der Waals surface area contributed by atoms with Gasteiger partial charge in [-0.1, -0.05) is 0 Å². The predicted octanol–water partition coefficient (Wildman–Crippen LogP) is 4.92. The van der Waals surface area contributed by atoms with Crippen molar-refractivity contribution in [3.63, 3.8) is 0 Å². The Morgan fingerprint density at radius 2 is 1.71 bits per heavy atom. The molecule has 1 N–H and O–H groups in total. The number of carbonyl (C=O) groups is 2. The summed E-state index contributed by atoms with van der Waals surface area (Å²) in [5.74, 6) is 0.0194. The van der Waals surface area contributed by atoms with Crippen molar-refractivity contribution in [1.82, 2.24) is 5.32 Å². The number of rotatable bonds is 9. The van der Waals surface area contributed by atoms with Crippen LogP contribution < -0.4 is 29.2 Å². The van der Waals surface area contributed by atoms with Crippen LogP contribution in [0.2, 0.25) is 0 Å². The van der Waals surface area contributed by atoms with Gasteiger partial charge in [-0.25, -0.2) is 4.79 Å². The molecule has 2 aromatic carbocycles. The quantitative estimate of drug-likeness (QED) is 0.482. The topological polar surface area (TPSA) is 95.6 Å². The fraction of sp³-hybridized carbons (Fsp3) is 0.462.